The van der Waals surface area contributed by atoms with Crippen molar-refractivity contribution in [2.75, 3.05) is 0 Å². The molecule has 1 rings (SSSR count). The van der Waals surface area contributed by atoms with Gasteiger partial charge in [0.05, 0.1) is 0 Å². The van der Waals surface area contributed by atoms with E-state index in [1.165, 1.54) is 19.3 Å². The second-order valence-corrected chi connectivity index (χ2v) is 3.63. The van der Waals surface area contributed by atoms with Gasteiger partial charge in [-0.3, -0.25) is 11.3 Å². The topological polar surface area (TPSA) is 38.0 Å². The van der Waals surface area contributed by atoms with Crippen molar-refractivity contribution in [1.29, 1.82) is 0 Å². The molecule has 0 heterocycles. The van der Waals surface area contributed by atoms with Crippen molar-refractivity contribution in [1.82, 2.24) is 5.43 Å². The fourth-order valence-electron chi connectivity index (χ4n) is 1.70. The maximum atomic E-state index is 5.36. The number of hydrazine groups is 1. The Bertz CT molecular complexity index is 113. The second kappa shape index (κ2) is 4.96. The van der Waals surface area contributed by atoms with Crippen LogP contribution in [0.3, 0.4) is 0 Å². The van der Waals surface area contributed by atoms with Gasteiger partial charge in [-0.2, -0.15) is 0 Å². The molecule has 3 N–H and O–H groups in total. The van der Waals surface area contributed by atoms with Crippen molar-refractivity contribution < 1.29 is 13.8 Å². The summed E-state index contributed by atoms with van der Waals surface area (Å²) in [6, 6.07) is 0.575. The maximum absolute atomic E-state index is 5.36. The minimum Gasteiger partial charge on any atom is -1.00 e. The average Bonchev–Trinajstić information content (AvgIpc) is 1.95. The summed E-state index contributed by atoms with van der Waals surface area (Å²) in [4.78, 5) is 0. The summed E-state index contributed by atoms with van der Waals surface area (Å²) in [5, 5.41) is 0. The van der Waals surface area contributed by atoms with Crippen LogP contribution in [0.5, 0.6) is 0 Å². The Kier molecular flexibility index (Phi) is 5.06. The summed E-state index contributed by atoms with van der Waals surface area (Å²) in [5.41, 5.74) is 2.85. The van der Waals surface area contributed by atoms with Crippen LogP contribution in [0.1, 0.15) is 34.5 Å². The zero-order chi connectivity index (χ0) is 7.56. The molecule has 3 unspecified atom stereocenters. The highest BCUT2D eigenvalue weighted by Crippen LogP contribution is 2.28. The zero-order valence-electron chi connectivity index (χ0n) is 8.31. The first-order valence-corrected chi connectivity index (χ1v) is 4.20. The fraction of sp³-hybridized carbons (Fsp3) is 1.00. The molecule has 0 bridgehead atoms. The van der Waals surface area contributed by atoms with Crippen LogP contribution in [-0.4, -0.2) is 6.04 Å². The van der Waals surface area contributed by atoms with Crippen LogP contribution < -0.4 is 23.7 Å². The summed E-state index contributed by atoms with van der Waals surface area (Å²) in [7, 11) is 0. The molecule has 1 saturated carbocycles. The molecule has 0 aromatic heterocycles. The zero-order valence-corrected chi connectivity index (χ0v) is 8.06. The Morgan fingerprint density at radius 1 is 1.27 bits per heavy atom. The first-order valence-electron chi connectivity index (χ1n) is 4.20. The lowest BCUT2D eigenvalue weighted by atomic mass is 9.79. The lowest BCUT2D eigenvalue weighted by Crippen LogP contribution is -3.00. The number of halogens is 1. The van der Waals surface area contributed by atoms with Crippen LogP contribution in [0.4, 0.5) is 0 Å². The third kappa shape index (κ3) is 2.97. The molecule has 1 aliphatic carbocycles. The third-order valence-corrected chi connectivity index (χ3v) is 2.83. The summed E-state index contributed by atoms with van der Waals surface area (Å²) >= 11 is 0. The van der Waals surface area contributed by atoms with Gasteiger partial charge in [-0.15, -0.1) is 0 Å². The highest BCUT2D eigenvalue weighted by atomic mass is 35.5. The molecule has 11 heavy (non-hydrogen) atoms. The van der Waals surface area contributed by atoms with Gasteiger partial charge in [-0.1, -0.05) is 13.8 Å². The molecule has 0 radical (unpaired) electrons. The molecule has 0 saturated heterocycles. The lowest BCUT2D eigenvalue weighted by Gasteiger charge is -2.31. The van der Waals surface area contributed by atoms with E-state index in [0.29, 0.717) is 6.04 Å². The summed E-state index contributed by atoms with van der Waals surface area (Å²) in [6.45, 7) is 4.64. The van der Waals surface area contributed by atoms with Crippen molar-refractivity contribution in [3.63, 3.8) is 0 Å². The molecule has 0 spiro atoms. The van der Waals surface area contributed by atoms with E-state index in [9.17, 15) is 0 Å². The van der Waals surface area contributed by atoms with Crippen LogP contribution >= 0.6 is 0 Å². The molecule has 3 atom stereocenters. The fourth-order valence-corrected chi connectivity index (χ4v) is 1.70. The molecule has 1 aliphatic rings. The van der Waals surface area contributed by atoms with Crippen molar-refractivity contribution in [2.24, 2.45) is 17.7 Å². The molecule has 1 fully saturated rings. The maximum Gasteiger partial charge on any atom is 1.00 e. The van der Waals surface area contributed by atoms with Gasteiger partial charge < -0.3 is 12.4 Å². The minimum atomic E-state index is 0. The van der Waals surface area contributed by atoms with Crippen molar-refractivity contribution in [3.8, 4) is 0 Å². The Labute approximate surface area is 76.8 Å². The van der Waals surface area contributed by atoms with Crippen molar-refractivity contribution >= 4 is 0 Å². The van der Waals surface area contributed by atoms with Gasteiger partial charge >= 0.3 is 1.43 Å². The third-order valence-electron chi connectivity index (χ3n) is 2.83. The number of nitrogens with two attached hydrogens (primary N) is 1. The lowest BCUT2D eigenvalue weighted by molar-refractivity contribution is -0.00000245. The van der Waals surface area contributed by atoms with E-state index in [0.717, 1.165) is 11.8 Å². The van der Waals surface area contributed by atoms with Crippen LogP contribution in [0.15, 0.2) is 0 Å². The van der Waals surface area contributed by atoms with Gasteiger partial charge in [-0.05, 0) is 31.1 Å². The Hall–Kier alpha value is 0.210. The highest BCUT2D eigenvalue weighted by molar-refractivity contribution is 4.77. The molecule has 0 aliphatic heterocycles. The normalized spacial score (nSPS) is 37.9. The first kappa shape index (κ1) is 11.2. The average molecular weight is 179 g/mol. The molecule has 2 nitrogen and oxygen atoms in total. The monoisotopic (exact) mass is 178 g/mol. The molecule has 0 aromatic rings. The van der Waals surface area contributed by atoms with Crippen LogP contribution in [0.2, 0.25) is 0 Å². The molecule has 3 heteroatoms. The Morgan fingerprint density at radius 3 is 2.36 bits per heavy atom. The van der Waals surface area contributed by atoms with E-state index in [-0.39, 0.29) is 13.8 Å². The van der Waals surface area contributed by atoms with E-state index in [4.69, 9.17) is 5.84 Å². The van der Waals surface area contributed by atoms with Gasteiger partial charge in [0.15, 0.2) is 0 Å². The van der Waals surface area contributed by atoms with Gasteiger partial charge in [-0.25, -0.2) is 0 Å². The van der Waals surface area contributed by atoms with Gasteiger partial charge in [0.25, 0.3) is 0 Å². The van der Waals surface area contributed by atoms with Gasteiger partial charge in [0.2, 0.25) is 0 Å². The predicted octanol–water partition coefficient (Wildman–Crippen LogP) is -1.61. The standard InChI is InChI=1S/C8H18N2.ClH/c1-6-3-4-8(10-9)5-7(6)2;/h6-8,10H,3-5,9H2,1-2H3;1H. The predicted molar refractivity (Wildman–Crippen MR) is 44.4 cm³/mol. The molecule has 0 amide bonds. The SMILES string of the molecule is CC1CCC(NN)CC1C.[Cl-].[H+]. The summed E-state index contributed by atoms with van der Waals surface area (Å²) < 4.78 is 0. The van der Waals surface area contributed by atoms with E-state index in [2.05, 4.69) is 19.3 Å². The van der Waals surface area contributed by atoms with Crippen LogP contribution in [0.25, 0.3) is 0 Å². The van der Waals surface area contributed by atoms with E-state index in [1.807, 2.05) is 0 Å². The van der Waals surface area contributed by atoms with E-state index in [1.54, 1.807) is 0 Å². The number of hydrogen-bond donors (Lipinski definition) is 2. The summed E-state index contributed by atoms with van der Waals surface area (Å²) in [6.07, 6.45) is 3.83. The highest BCUT2D eigenvalue weighted by Gasteiger charge is 2.23. The number of nitrogens with one attached hydrogen (secondary N) is 1. The van der Waals surface area contributed by atoms with E-state index >= 15 is 0 Å². The number of hydrogen-bond acceptors (Lipinski definition) is 2. The first-order chi connectivity index (χ1) is 4.74. The molecular formula is C8H19ClN2. The minimum absolute atomic E-state index is 0. The van der Waals surface area contributed by atoms with Crippen molar-refractivity contribution in [3.05, 3.63) is 0 Å². The Balaban J connectivity index is 0. The molecule has 68 valence electrons. The van der Waals surface area contributed by atoms with E-state index < -0.39 is 0 Å². The van der Waals surface area contributed by atoms with Crippen LogP contribution in [0, 0.1) is 11.8 Å². The van der Waals surface area contributed by atoms with Gasteiger partial charge in [0.1, 0.15) is 0 Å². The smallest absolute Gasteiger partial charge is 1.00 e. The second-order valence-electron chi connectivity index (χ2n) is 3.63. The Morgan fingerprint density at radius 2 is 1.91 bits per heavy atom. The van der Waals surface area contributed by atoms with Crippen LogP contribution in [-0.2, 0) is 0 Å². The molecule has 0 aromatic carbocycles. The van der Waals surface area contributed by atoms with Crippen molar-refractivity contribution in [2.45, 2.75) is 39.2 Å². The summed E-state index contributed by atoms with van der Waals surface area (Å²) in [5.74, 6) is 7.10. The largest absolute Gasteiger partial charge is 1.00 e. The molecular weight excluding hydrogens is 160 g/mol. The quantitative estimate of drug-likeness (QED) is 0.375. The van der Waals surface area contributed by atoms with Gasteiger partial charge in [0, 0.05) is 6.04 Å². The number of rotatable bonds is 1.